The molecule has 0 heterocycles. The lowest BCUT2D eigenvalue weighted by Gasteiger charge is -2.15. The molecule has 7 nitrogen and oxygen atoms in total. The third-order valence-corrected chi connectivity index (χ3v) is 2.73. The van der Waals surface area contributed by atoms with Crippen LogP contribution in [0.5, 0.6) is 5.75 Å². The van der Waals surface area contributed by atoms with Gasteiger partial charge in [-0.2, -0.15) is 0 Å². The highest BCUT2D eigenvalue weighted by molar-refractivity contribution is 9.10. The SMILES string of the molecule is COC(=O)C(CN)Oc1cc([N+](=O)[O-])ccc1Br. The zero-order chi connectivity index (χ0) is 13.7. The fraction of sp³-hybridized carbons (Fsp3) is 0.300. The fourth-order valence-electron chi connectivity index (χ4n) is 1.17. The molecule has 1 atom stereocenters. The molecule has 0 fully saturated rings. The molecular weight excluding hydrogens is 308 g/mol. The highest BCUT2D eigenvalue weighted by Crippen LogP contribution is 2.30. The van der Waals surface area contributed by atoms with E-state index in [4.69, 9.17) is 10.5 Å². The van der Waals surface area contributed by atoms with Gasteiger partial charge in [0, 0.05) is 12.6 Å². The van der Waals surface area contributed by atoms with Crippen molar-refractivity contribution in [1.82, 2.24) is 0 Å². The number of ether oxygens (including phenoxy) is 2. The Hall–Kier alpha value is -1.67. The summed E-state index contributed by atoms with van der Waals surface area (Å²) >= 11 is 3.17. The summed E-state index contributed by atoms with van der Waals surface area (Å²) < 4.78 is 10.3. The quantitative estimate of drug-likeness (QED) is 0.497. The Bertz CT molecular complexity index is 466. The van der Waals surface area contributed by atoms with Crippen LogP contribution in [-0.2, 0) is 9.53 Å². The van der Waals surface area contributed by atoms with Crippen LogP contribution in [0.1, 0.15) is 0 Å². The highest BCUT2D eigenvalue weighted by Gasteiger charge is 2.21. The van der Waals surface area contributed by atoms with Crippen LogP contribution in [0, 0.1) is 10.1 Å². The van der Waals surface area contributed by atoms with Gasteiger partial charge in [0.1, 0.15) is 5.75 Å². The third kappa shape index (κ3) is 3.41. The molecule has 98 valence electrons. The average molecular weight is 319 g/mol. The van der Waals surface area contributed by atoms with Crippen LogP contribution in [0.4, 0.5) is 5.69 Å². The van der Waals surface area contributed by atoms with Crippen molar-refractivity contribution in [2.24, 2.45) is 5.73 Å². The van der Waals surface area contributed by atoms with E-state index >= 15 is 0 Å². The number of carbonyl (C=O) groups is 1. The number of carbonyl (C=O) groups excluding carboxylic acids is 1. The lowest BCUT2D eigenvalue weighted by Crippen LogP contribution is -2.36. The van der Waals surface area contributed by atoms with Gasteiger partial charge in [-0.3, -0.25) is 10.1 Å². The van der Waals surface area contributed by atoms with Crippen LogP contribution in [0.25, 0.3) is 0 Å². The number of hydrogen-bond acceptors (Lipinski definition) is 6. The number of benzene rings is 1. The van der Waals surface area contributed by atoms with Crippen molar-refractivity contribution < 1.29 is 19.2 Å². The Morgan fingerprint density at radius 3 is 2.78 bits per heavy atom. The van der Waals surface area contributed by atoms with Gasteiger partial charge in [0.15, 0.2) is 0 Å². The maximum Gasteiger partial charge on any atom is 0.348 e. The molecule has 1 rings (SSSR count). The first-order chi connectivity index (χ1) is 8.49. The van der Waals surface area contributed by atoms with E-state index in [-0.39, 0.29) is 18.0 Å². The molecule has 0 radical (unpaired) electrons. The number of esters is 1. The summed E-state index contributed by atoms with van der Waals surface area (Å²) in [4.78, 5) is 21.4. The number of rotatable bonds is 5. The number of nitrogens with two attached hydrogens (primary N) is 1. The van der Waals surface area contributed by atoms with Crippen molar-refractivity contribution >= 4 is 27.6 Å². The second kappa shape index (κ2) is 6.31. The molecule has 18 heavy (non-hydrogen) atoms. The first kappa shape index (κ1) is 14.4. The smallest absolute Gasteiger partial charge is 0.348 e. The Labute approximate surface area is 111 Å². The van der Waals surface area contributed by atoms with Crippen LogP contribution in [0.3, 0.4) is 0 Å². The predicted molar refractivity (Wildman–Crippen MR) is 66.3 cm³/mol. The molecule has 1 aromatic carbocycles. The lowest BCUT2D eigenvalue weighted by atomic mass is 10.3. The van der Waals surface area contributed by atoms with Gasteiger partial charge >= 0.3 is 5.97 Å². The topological polar surface area (TPSA) is 105 Å². The monoisotopic (exact) mass is 318 g/mol. The molecule has 0 aromatic heterocycles. The Morgan fingerprint density at radius 1 is 1.61 bits per heavy atom. The minimum Gasteiger partial charge on any atom is -0.476 e. The molecule has 0 spiro atoms. The maximum absolute atomic E-state index is 11.3. The molecule has 1 aromatic rings. The van der Waals surface area contributed by atoms with Crippen LogP contribution in [0.2, 0.25) is 0 Å². The van der Waals surface area contributed by atoms with E-state index in [1.807, 2.05) is 0 Å². The first-order valence-electron chi connectivity index (χ1n) is 4.88. The van der Waals surface area contributed by atoms with Crippen LogP contribution in [-0.4, -0.2) is 30.7 Å². The van der Waals surface area contributed by atoms with E-state index in [0.29, 0.717) is 4.47 Å². The largest absolute Gasteiger partial charge is 0.476 e. The molecule has 0 bridgehead atoms. The number of halogens is 1. The van der Waals surface area contributed by atoms with Crippen molar-refractivity contribution in [3.8, 4) is 5.75 Å². The minimum atomic E-state index is -1.01. The average Bonchev–Trinajstić information content (AvgIpc) is 2.36. The van der Waals surface area contributed by atoms with E-state index in [2.05, 4.69) is 20.7 Å². The van der Waals surface area contributed by atoms with Gasteiger partial charge < -0.3 is 15.2 Å². The molecule has 0 aliphatic heterocycles. The second-order valence-electron chi connectivity index (χ2n) is 3.24. The molecule has 0 saturated heterocycles. The number of nitro groups is 1. The third-order valence-electron chi connectivity index (χ3n) is 2.07. The molecule has 1 unspecified atom stereocenters. The number of nitro benzene ring substituents is 1. The van der Waals surface area contributed by atoms with E-state index in [0.717, 1.165) is 0 Å². The Kier molecular flexibility index (Phi) is 5.05. The molecule has 8 heteroatoms. The number of hydrogen-bond donors (Lipinski definition) is 1. The summed E-state index contributed by atoms with van der Waals surface area (Å²) in [6.45, 7) is -0.0954. The summed E-state index contributed by atoms with van der Waals surface area (Å²) in [5.74, 6) is -0.485. The molecule has 0 amide bonds. The van der Waals surface area contributed by atoms with E-state index in [1.165, 1.54) is 25.3 Å². The van der Waals surface area contributed by atoms with Crippen LogP contribution >= 0.6 is 15.9 Å². The highest BCUT2D eigenvalue weighted by atomic mass is 79.9. The zero-order valence-corrected chi connectivity index (χ0v) is 11.0. The van der Waals surface area contributed by atoms with Gasteiger partial charge in [-0.15, -0.1) is 0 Å². The zero-order valence-electron chi connectivity index (χ0n) is 9.46. The molecule has 0 saturated carbocycles. The van der Waals surface area contributed by atoms with Gasteiger partial charge in [-0.05, 0) is 22.0 Å². The van der Waals surface area contributed by atoms with E-state index in [1.54, 1.807) is 0 Å². The van der Waals surface area contributed by atoms with Gasteiger partial charge in [-0.1, -0.05) is 0 Å². The Balaban J connectivity index is 2.98. The summed E-state index contributed by atoms with van der Waals surface area (Å²) in [7, 11) is 1.21. The molecule has 0 aliphatic carbocycles. The van der Waals surface area contributed by atoms with Crippen molar-refractivity contribution in [2.75, 3.05) is 13.7 Å². The molecule has 2 N–H and O–H groups in total. The fourth-order valence-corrected chi connectivity index (χ4v) is 1.51. The van der Waals surface area contributed by atoms with Gasteiger partial charge in [-0.25, -0.2) is 4.79 Å². The standard InChI is InChI=1S/C10H11BrN2O5/c1-17-10(14)9(5-12)18-8-4-6(13(15)16)2-3-7(8)11/h2-4,9H,5,12H2,1H3. The van der Waals surface area contributed by atoms with Crippen LogP contribution < -0.4 is 10.5 Å². The summed E-state index contributed by atoms with van der Waals surface area (Å²) in [5, 5.41) is 10.6. The van der Waals surface area contributed by atoms with E-state index < -0.39 is 17.0 Å². The predicted octanol–water partition coefficient (Wildman–Crippen LogP) is 1.24. The molecular formula is C10H11BrN2O5. The molecule has 0 aliphatic rings. The van der Waals surface area contributed by atoms with Crippen molar-refractivity contribution in [3.05, 3.63) is 32.8 Å². The van der Waals surface area contributed by atoms with Crippen molar-refractivity contribution in [3.63, 3.8) is 0 Å². The minimum absolute atomic E-state index is 0.0954. The van der Waals surface area contributed by atoms with Crippen molar-refractivity contribution in [1.29, 1.82) is 0 Å². The van der Waals surface area contributed by atoms with Crippen LogP contribution in [0.15, 0.2) is 22.7 Å². The number of non-ortho nitro benzene ring substituents is 1. The van der Waals surface area contributed by atoms with Gasteiger partial charge in [0.05, 0.1) is 22.6 Å². The first-order valence-corrected chi connectivity index (χ1v) is 5.67. The number of nitrogens with zero attached hydrogens (tertiary/aromatic N) is 1. The van der Waals surface area contributed by atoms with E-state index in [9.17, 15) is 14.9 Å². The maximum atomic E-state index is 11.3. The van der Waals surface area contributed by atoms with Gasteiger partial charge in [0.2, 0.25) is 6.10 Å². The summed E-state index contributed by atoms with van der Waals surface area (Å²) in [6, 6.07) is 3.97. The van der Waals surface area contributed by atoms with Crippen molar-refractivity contribution in [2.45, 2.75) is 6.10 Å². The lowest BCUT2D eigenvalue weighted by molar-refractivity contribution is -0.385. The summed E-state index contributed by atoms with van der Waals surface area (Å²) in [5.41, 5.74) is 5.23. The number of methoxy groups -OCH3 is 1. The normalized spacial score (nSPS) is 11.7. The Morgan fingerprint density at radius 2 is 2.28 bits per heavy atom. The van der Waals surface area contributed by atoms with Gasteiger partial charge in [0.25, 0.3) is 5.69 Å². The summed E-state index contributed by atoms with van der Waals surface area (Å²) in [6.07, 6.45) is -1.01. The second-order valence-corrected chi connectivity index (χ2v) is 4.09.